The second-order valence-corrected chi connectivity index (χ2v) is 9.17. The van der Waals surface area contributed by atoms with Crippen molar-refractivity contribution in [1.82, 2.24) is 9.62 Å². The van der Waals surface area contributed by atoms with E-state index in [0.717, 1.165) is 24.1 Å². The molecule has 0 aliphatic carbocycles. The first-order valence-corrected chi connectivity index (χ1v) is 11.2. The number of nitrogens with zero attached hydrogens (tertiary/aromatic N) is 1. The molecular weight excluding hydrogens is 447 g/mol. The van der Waals surface area contributed by atoms with Crippen molar-refractivity contribution in [2.24, 2.45) is 0 Å². The van der Waals surface area contributed by atoms with E-state index < -0.39 is 40.2 Å². The summed E-state index contributed by atoms with van der Waals surface area (Å²) in [5, 5.41) is 20.1. The topological polar surface area (TPSA) is 99.1 Å². The van der Waals surface area contributed by atoms with Crippen LogP contribution in [-0.4, -0.2) is 74.6 Å². The first-order valence-electron chi connectivity index (χ1n) is 9.75. The summed E-state index contributed by atoms with van der Waals surface area (Å²) < 4.78 is 46.3. The summed E-state index contributed by atoms with van der Waals surface area (Å²) in [6.07, 6.45) is -1.67. The highest BCUT2D eigenvalue weighted by Crippen LogP contribution is 2.25. The van der Waals surface area contributed by atoms with Crippen molar-refractivity contribution in [2.75, 3.05) is 26.7 Å². The van der Waals surface area contributed by atoms with Crippen molar-refractivity contribution in [3.05, 3.63) is 66.0 Å². The molecule has 1 heterocycles. The van der Waals surface area contributed by atoms with Crippen LogP contribution in [0.5, 0.6) is 0 Å². The molecule has 7 nitrogen and oxygen atoms in total. The van der Waals surface area contributed by atoms with Crippen LogP contribution in [0, 0.1) is 5.82 Å². The second kappa shape index (κ2) is 11.3. The van der Waals surface area contributed by atoms with Gasteiger partial charge >= 0.3 is 0 Å². The Balaban J connectivity index is 0.00000341. The molecule has 0 radical (unpaired) electrons. The molecule has 172 valence electrons. The van der Waals surface area contributed by atoms with Gasteiger partial charge in [0.2, 0.25) is 10.0 Å². The smallest absolute Gasteiger partial charge is 0.240 e. The van der Waals surface area contributed by atoms with Gasteiger partial charge in [-0.2, -0.15) is 0 Å². The van der Waals surface area contributed by atoms with Crippen molar-refractivity contribution in [2.45, 2.75) is 35.7 Å². The van der Waals surface area contributed by atoms with Gasteiger partial charge in [0.1, 0.15) is 18.0 Å². The number of ether oxygens (including phenoxy) is 1. The number of rotatable bonds is 9. The standard InChI is InChI=1S/C21H27FN2O5S.ClH/c1-24(12-11-15-5-3-2-4-6-15)20-18(29-19(14-25)21(20)26)13-23-30(27,28)17-9-7-16(22)8-10-17;/h2-10,18-21,23,25-26H,11-14H2,1H3;1H/t18-,19+,20+,21-;/m1./s1. The monoisotopic (exact) mass is 474 g/mol. The fraction of sp³-hybridized carbons (Fsp3) is 0.429. The zero-order chi connectivity index (χ0) is 21.7. The van der Waals surface area contributed by atoms with E-state index in [1.165, 1.54) is 12.1 Å². The maximum Gasteiger partial charge on any atom is 0.240 e. The van der Waals surface area contributed by atoms with Crippen LogP contribution >= 0.6 is 12.4 Å². The molecule has 1 aliphatic heterocycles. The van der Waals surface area contributed by atoms with Gasteiger partial charge in [0, 0.05) is 13.1 Å². The number of aliphatic hydroxyl groups is 2. The Bertz CT molecular complexity index is 917. The number of sulfonamides is 1. The minimum absolute atomic E-state index is 0. The van der Waals surface area contributed by atoms with Gasteiger partial charge in [-0.25, -0.2) is 17.5 Å². The highest BCUT2D eigenvalue weighted by atomic mass is 35.5. The van der Waals surface area contributed by atoms with E-state index in [9.17, 15) is 23.0 Å². The summed E-state index contributed by atoms with van der Waals surface area (Å²) in [7, 11) is -2.04. The first-order chi connectivity index (χ1) is 14.3. The molecule has 0 saturated carbocycles. The van der Waals surface area contributed by atoms with E-state index in [-0.39, 0.29) is 30.5 Å². The van der Waals surface area contributed by atoms with Crippen LogP contribution in [0.3, 0.4) is 0 Å². The van der Waals surface area contributed by atoms with E-state index >= 15 is 0 Å². The lowest BCUT2D eigenvalue weighted by Crippen LogP contribution is -2.50. The van der Waals surface area contributed by atoms with E-state index in [0.29, 0.717) is 6.54 Å². The molecule has 1 saturated heterocycles. The lowest BCUT2D eigenvalue weighted by molar-refractivity contribution is -0.0201. The molecule has 1 aliphatic rings. The van der Waals surface area contributed by atoms with E-state index in [1.807, 2.05) is 42.3 Å². The number of hydrogen-bond acceptors (Lipinski definition) is 6. The molecule has 3 rings (SSSR count). The lowest BCUT2D eigenvalue weighted by atomic mass is 10.0. The first kappa shape index (κ1) is 25.7. The summed E-state index contributed by atoms with van der Waals surface area (Å²) in [4.78, 5) is 1.86. The molecule has 2 aromatic carbocycles. The van der Waals surface area contributed by atoms with E-state index in [2.05, 4.69) is 4.72 Å². The van der Waals surface area contributed by atoms with Gasteiger partial charge in [-0.05, 0) is 43.3 Å². The predicted molar refractivity (Wildman–Crippen MR) is 117 cm³/mol. The SMILES string of the molecule is CN(CCc1ccccc1)[C@@H]1[C@H](O)[C@H](CO)O[C@@H]1CNS(=O)(=O)c1ccc(F)cc1.Cl. The van der Waals surface area contributed by atoms with Gasteiger partial charge in [0.15, 0.2) is 0 Å². The molecule has 31 heavy (non-hydrogen) atoms. The Hall–Kier alpha value is -1.59. The van der Waals surface area contributed by atoms with Gasteiger partial charge in [-0.3, -0.25) is 4.90 Å². The highest BCUT2D eigenvalue weighted by molar-refractivity contribution is 7.89. The molecule has 4 atom stereocenters. The van der Waals surface area contributed by atoms with Crippen molar-refractivity contribution in [3.8, 4) is 0 Å². The number of nitrogens with one attached hydrogen (secondary N) is 1. The number of likely N-dealkylation sites (N-methyl/N-ethyl adjacent to an activating group) is 1. The van der Waals surface area contributed by atoms with Gasteiger partial charge in [0.05, 0.1) is 23.6 Å². The molecule has 3 N–H and O–H groups in total. The maximum absolute atomic E-state index is 13.1. The van der Waals surface area contributed by atoms with Gasteiger partial charge in [-0.15, -0.1) is 12.4 Å². The Morgan fingerprint density at radius 3 is 2.35 bits per heavy atom. The third kappa shape index (κ3) is 6.45. The Labute approximate surface area is 188 Å². The Morgan fingerprint density at radius 1 is 1.10 bits per heavy atom. The highest BCUT2D eigenvalue weighted by Gasteiger charge is 2.45. The Kier molecular flexibility index (Phi) is 9.38. The van der Waals surface area contributed by atoms with Crippen molar-refractivity contribution in [1.29, 1.82) is 0 Å². The maximum atomic E-state index is 13.1. The summed E-state index contributed by atoms with van der Waals surface area (Å²) in [5.74, 6) is -0.526. The van der Waals surface area contributed by atoms with Crippen LogP contribution in [0.25, 0.3) is 0 Å². The van der Waals surface area contributed by atoms with Crippen LogP contribution in [0.2, 0.25) is 0 Å². The molecule has 1 fully saturated rings. The zero-order valence-corrected chi connectivity index (χ0v) is 18.7. The fourth-order valence-corrected chi connectivity index (χ4v) is 4.72. The Morgan fingerprint density at radius 2 is 1.74 bits per heavy atom. The summed E-state index contributed by atoms with van der Waals surface area (Å²) in [6.45, 7) is 0.160. The molecule has 0 spiro atoms. The third-order valence-electron chi connectivity index (χ3n) is 5.34. The van der Waals surface area contributed by atoms with E-state index in [4.69, 9.17) is 4.74 Å². The number of hydrogen-bond donors (Lipinski definition) is 3. The number of halogens is 2. The molecule has 0 unspecified atom stereocenters. The van der Waals surface area contributed by atoms with Crippen molar-refractivity contribution >= 4 is 22.4 Å². The third-order valence-corrected chi connectivity index (χ3v) is 6.78. The van der Waals surface area contributed by atoms with Crippen LogP contribution in [0.1, 0.15) is 5.56 Å². The predicted octanol–water partition coefficient (Wildman–Crippen LogP) is 1.19. The van der Waals surface area contributed by atoms with E-state index in [1.54, 1.807) is 0 Å². The number of benzene rings is 2. The minimum atomic E-state index is -3.87. The van der Waals surface area contributed by atoms with Crippen LogP contribution in [0.15, 0.2) is 59.5 Å². The average Bonchev–Trinajstić information content (AvgIpc) is 3.07. The summed E-state index contributed by atoms with van der Waals surface area (Å²) >= 11 is 0. The molecule has 2 aromatic rings. The molecular formula is C21H28ClFN2O5S. The van der Waals surface area contributed by atoms with Crippen LogP contribution in [-0.2, 0) is 21.2 Å². The van der Waals surface area contributed by atoms with Gasteiger partial charge in [0.25, 0.3) is 0 Å². The largest absolute Gasteiger partial charge is 0.394 e. The molecule has 0 amide bonds. The zero-order valence-electron chi connectivity index (χ0n) is 17.1. The second-order valence-electron chi connectivity index (χ2n) is 7.40. The summed E-state index contributed by atoms with van der Waals surface area (Å²) in [6, 6.07) is 13.9. The average molecular weight is 475 g/mol. The molecule has 10 heteroatoms. The van der Waals surface area contributed by atoms with Crippen molar-refractivity contribution < 1.29 is 27.8 Å². The quantitative estimate of drug-likeness (QED) is 0.505. The van der Waals surface area contributed by atoms with Crippen LogP contribution < -0.4 is 4.72 Å². The molecule has 0 bridgehead atoms. The molecule has 0 aromatic heterocycles. The normalized spacial score (nSPS) is 23.6. The minimum Gasteiger partial charge on any atom is -0.394 e. The lowest BCUT2D eigenvalue weighted by Gasteiger charge is -2.30. The fourth-order valence-electron chi connectivity index (χ4n) is 3.68. The van der Waals surface area contributed by atoms with Crippen LogP contribution in [0.4, 0.5) is 4.39 Å². The van der Waals surface area contributed by atoms with Gasteiger partial charge < -0.3 is 14.9 Å². The van der Waals surface area contributed by atoms with Gasteiger partial charge in [-0.1, -0.05) is 30.3 Å². The van der Waals surface area contributed by atoms with Crippen molar-refractivity contribution in [3.63, 3.8) is 0 Å². The number of aliphatic hydroxyl groups excluding tert-OH is 2. The summed E-state index contributed by atoms with van der Waals surface area (Å²) in [5.41, 5.74) is 1.14.